The zero-order valence-electron chi connectivity index (χ0n) is 16.4. The van der Waals surface area contributed by atoms with Gasteiger partial charge in [-0.05, 0) is 44.4 Å². The molecule has 1 aliphatic rings. The van der Waals surface area contributed by atoms with Gasteiger partial charge in [0.1, 0.15) is 11.9 Å². The number of methoxy groups -OCH3 is 1. The molecular formula is C20H30FN3O3. The molecule has 0 amide bonds. The van der Waals surface area contributed by atoms with Crippen molar-refractivity contribution < 1.29 is 18.7 Å². The fourth-order valence-electron chi connectivity index (χ4n) is 3.08. The third-order valence-electron chi connectivity index (χ3n) is 4.41. The quantitative estimate of drug-likeness (QED) is 0.342. The number of aliphatic imine (C=N–C) groups is 1. The standard InChI is InChI=1S/C20H30FN3O3/c1-4-22-20(23-12-6-5-7-19(25)26-3)24-13-15(2)27-18(14-24)16-8-10-17(21)11-9-16/h8-11,15,18H,4-7,12-14H2,1-3H3,(H,22,23). The lowest BCUT2D eigenvalue weighted by molar-refractivity contribution is -0.140. The van der Waals surface area contributed by atoms with Gasteiger partial charge in [-0.25, -0.2) is 4.39 Å². The summed E-state index contributed by atoms with van der Waals surface area (Å²) in [7, 11) is 1.40. The summed E-state index contributed by atoms with van der Waals surface area (Å²) in [4.78, 5) is 18.1. The van der Waals surface area contributed by atoms with Gasteiger partial charge >= 0.3 is 5.97 Å². The van der Waals surface area contributed by atoms with E-state index in [1.807, 2.05) is 13.8 Å². The monoisotopic (exact) mass is 379 g/mol. The van der Waals surface area contributed by atoms with Crippen LogP contribution in [0.15, 0.2) is 29.3 Å². The first-order valence-electron chi connectivity index (χ1n) is 9.54. The maximum absolute atomic E-state index is 13.2. The van der Waals surface area contributed by atoms with Crippen LogP contribution in [0.2, 0.25) is 0 Å². The van der Waals surface area contributed by atoms with Gasteiger partial charge in [-0.2, -0.15) is 0 Å². The van der Waals surface area contributed by atoms with Crippen LogP contribution in [0.5, 0.6) is 0 Å². The predicted octanol–water partition coefficient (Wildman–Crippen LogP) is 2.90. The lowest BCUT2D eigenvalue weighted by Gasteiger charge is -2.38. The van der Waals surface area contributed by atoms with E-state index in [1.54, 1.807) is 12.1 Å². The van der Waals surface area contributed by atoms with Crippen molar-refractivity contribution in [2.75, 3.05) is 33.3 Å². The minimum absolute atomic E-state index is 0.0389. The highest BCUT2D eigenvalue weighted by Crippen LogP contribution is 2.25. The minimum Gasteiger partial charge on any atom is -0.469 e. The molecule has 1 heterocycles. The van der Waals surface area contributed by atoms with Crippen LogP contribution in [0.1, 0.15) is 44.8 Å². The number of guanidine groups is 1. The third kappa shape index (κ3) is 6.82. The molecule has 0 aromatic heterocycles. The van der Waals surface area contributed by atoms with E-state index in [1.165, 1.54) is 19.2 Å². The molecule has 0 radical (unpaired) electrons. The van der Waals surface area contributed by atoms with Crippen LogP contribution < -0.4 is 5.32 Å². The lowest BCUT2D eigenvalue weighted by Crippen LogP contribution is -2.50. The van der Waals surface area contributed by atoms with E-state index in [0.717, 1.165) is 37.5 Å². The Morgan fingerprint density at radius 1 is 1.33 bits per heavy atom. The summed E-state index contributed by atoms with van der Waals surface area (Å²) in [5, 5.41) is 3.33. The van der Waals surface area contributed by atoms with Gasteiger partial charge in [-0.15, -0.1) is 0 Å². The Hall–Kier alpha value is -2.15. The summed E-state index contributed by atoms with van der Waals surface area (Å²) in [5.74, 6) is 0.411. The number of ether oxygens (including phenoxy) is 2. The fourth-order valence-corrected chi connectivity index (χ4v) is 3.08. The Morgan fingerprint density at radius 3 is 2.74 bits per heavy atom. The molecule has 6 nitrogen and oxygen atoms in total. The van der Waals surface area contributed by atoms with Crippen molar-refractivity contribution in [3.8, 4) is 0 Å². The summed E-state index contributed by atoms with van der Waals surface area (Å²) < 4.78 is 23.9. The SMILES string of the molecule is CCNC(=NCCCCC(=O)OC)N1CC(C)OC(c2ccc(F)cc2)C1. The molecule has 0 bridgehead atoms. The fraction of sp³-hybridized carbons (Fsp3) is 0.600. The van der Waals surface area contributed by atoms with E-state index in [9.17, 15) is 9.18 Å². The number of nitrogens with zero attached hydrogens (tertiary/aromatic N) is 2. The highest BCUT2D eigenvalue weighted by Gasteiger charge is 2.28. The summed E-state index contributed by atoms with van der Waals surface area (Å²) in [5.41, 5.74) is 0.960. The summed E-state index contributed by atoms with van der Waals surface area (Å²) in [6.45, 7) is 6.88. The smallest absolute Gasteiger partial charge is 0.305 e. The maximum atomic E-state index is 13.2. The number of hydrogen-bond donors (Lipinski definition) is 1. The van der Waals surface area contributed by atoms with Gasteiger partial charge in [0.2, 0.25) is 0 Å². The number of unbranched alkanes of at least 4 members (excludes halogenated alkanes) is 1. The van der Waals surface area contributed by atoms with Crippen molar-refractivity contribution in [2.24, 2.45) is 4.99 Å². The summed E-state index contributed by atoms with van der Waals surface area (Å²) in [6.07, 6.45) is 1.91. The molecule has 1 aliphatic heterocycles. The van der Waals surface area contributed by atoms with Crippen LogP contribution >= 0.6 is 0 Å². The van der Waals surface area contributed by atoms with Gasteiger partial charge in [0.15, 0.2) is 5.96 Å². The second-order valence-electron chi connectivity index (χ2n) is 6.66. The number of nitrogens with one attached hydrogen (secondary N) is 1. The zero-order valence-corrected chi connectivity index (χ0v) is 16.4. The number of carbonyl (C=O) groups is 1. The first kappa shape index (κ1) is 21.2. The van der Waals surface area contributed by atoms with Gasteiger partial charge in [-0.3, -0.25) is 9.79 Å². The van der Waals surface area contributed by atoms with Gasteiger partial charge < -0.3 is 19.7 Å². The molecular weight excluding hydrogens is 349 g/mol. The normalized spacial score (nSPS) is 20.4. The van der Waals surface area contributed by atoms with Crippen molar-refractivity contribution in [1.29, 1.82) is 0 Å². The van der Waals surface area contributed by atoms with E-state index in [2.05, 4.69) is 15.0 Å². The van der Waals surface area contributed by atoms with Crippen LogP contribution in [-0.2, 0) is 14.3 Å². The molecule has 27 heavy (non-hydrogen) atoms. The Balaban J connectivity index is 1.98. The Bertz CT molecular complexity index is 621. The zero-order chi connectivity index (χ0) is 19.6. The Morgan fingerprint density at radius 2 is 2.07 bits per heavy atom. The average molecular weight is 379 g/mol. The number of morpholine rings is 1. The van der Waals surface area contributed by atoms with Crippen molar-refractivity contribution in [3.63, 3.8) is 0 Å². The molecule has 0 spiro atoms. The maximum Gasteiger partial charge on any atom is 0.305 e. The van der Waals surface area contributed by atoms with Crippen molar-refractivity contribution in [2.45, 2.75) is 45.3 Å². The number of esters is 1. The van der Waals surface area contributed by atoms with Gasteiger partial charge in [0.05, 0.1) is 19.8 Å². The molecule has 0 aliphatic carbocycles. The molecule has 1 N–H and O–H groups in total. The van der Waals surface area contributed by atoms with Crippen molar-refractivity contribution in [1.82, 2.24) is 10.2 Å². The number of carbonyl (C=O) groups excluding carboxylic acids is 1. The van der Waals surface area contributed by atoms with Gasteiger partial charge in [-0.1, -0.05) is 12.1 Å². The van der Waals surface area contributed by atoms with E-state index in [0.29, 0.717) is 19.5 Å². The third-order valence-corrected chi connectivity index (χ3v) is 4.41. The van der Waals surface area contributed by atoms with Gasteiger partial charge in [0.25, 0.3) is 0 Å². The topological polar surface area (TPSA) is 63.2 Å². The second-order valence-corrected chi connectivity index (χ2v) is 6.66. The number of benzene rings is 1. The van der Waals surface area contributed by atoms with Crippen LogP contribution in [0.3, 0.4) is 0 Å². The van der Waals surface area contributed by atoms with Crippen LogP contribution in [0.25, 0.3) is 0 Å². The highest BCUT2D eigenvalue weighted by molar-refractivity contribution is 5.80. The second kappa shape index (κ2) is 10.9. The molecule has 2 atom stereocenters. The average Bonchev–Trinajstić information content (AvgIpc) is 2.66. The summed E-state index contributed by atoms with van der Waals surface area (Å²) in [6, 6.07) is 6.46. The molecule has 150 valence electrons. The van der Waals surface area contributed by atoms with Crippen LogP contribution in [0.4, 0.5) is 4.39 Å². The Kier molecular flexibility index (Phi) is 8.51. The van der Waals surface area contributed by atoms with Gasteiger partial charge in [0, 0.05) is 26.1 Å². The molecule has 1 saturated heterocycles. The first-order valence-corrected chi connectivity index (χ1v) is 9.54. The van der Waals surface area contributed by atoms with Crippen molar-refractivity contribution in [3.05, 3.63) is 35.6 Å². The molecule has 1 aromatic carbocycles. The Labute approximate surface area is 160 Å². The molecule has 2 rings (SSSR count). The van der Waals surface area contributed by atoms with Crippen LogP contribution in [-0.4, -0.2) is 56.2 Å². The largest absolute Gasteiger partial charge is 0.469 e. The molecule has 7 heteroatoms. The predicted molar refractivity (Wildman–Crippen MR) is 103 cm³/mol. The minimum atomic E-state index is -0.249. The highest BCUT2D eigenvalue weighted by atomic mass is 19.1. The van der Waals surface area contributed by atoms with Crippen molar-refractivity contribution >= 4 is 11.9 Å². The van der Waals surface area contributed by atoms with E-state index in [-0.39, 0.29) is 24.0 Å². The number of rotatable bonds is 7. The van der Waals surface area contributed by atoms with Crippen LogP contribution in [0, 0.1) is 5.82 Å². The molecule has 1 aromatic rings. The first-order chi connectivity index (χ1) is 13.0. The van der Waals surface area contributed by atoms with E-state index < -0.39 is 0 Å². The lowest BCUT2D eigenvalue weighted by atomic mass is 10.1. The molecule has 1 fully saturated rings. The van der Waals surface area contributed by atoms with E-state index >= 15 is 0 Å². The molecule has 2 unspecified atom stereocenters. The summed E-state index contributed by atoms with van der Waals surface area (Å²) >= 11 is 0. The number of hydrogen-bond acceptors (Lipinski definition) is 4. The molecule has 0 saturated carbocycles. The van der Waals surface area contributed by atoms with E-state index in [4.69, 9.17) is 9.73 Å². The number of halogens is 1.